The molecule has 0 aromatic heterocycles. The Bertz CT molecular complexity index is 253. The van der Waals surface area contributed by atoms with Gasteiger partial charge in [-0.1, -0.05) is 0 Å². The fraction of sp³-hybridized carbons (Fsp3) is 0.143. The number of hydrogen-bond acceptors (Lipinski definition) is 3. The van der Waals surface area contributed by atoms with Crippen molar-refractivity contribution in [1.82, 2.24) is 0 Å². The van der Waals surface area contributed by atoms with Crippen LogP contribution in [0.5, 0.6) is 0 Å². The molecule has 0 N–H and O–H groups in total. The molecule has 0 bridgehead atoms. The molecule has 0 aliphatic heterocycles. The summed E-state index contributed by atoms with van der Waals surface area (Å²) in [4.78, 5) is 10.7. The molecule has 11 heavy (non-hydrogen) atoms. The van der Waals surface area contributed by atoms with Crippen LogP contribution in [0.4, 0.5) is 0 Å². The minimum absolute atomic E-state index is 0. The van der Waals surface area contributed by atoms with Crippen molar-refractivity contribution >= 4 is 11.5 Å². The van der Waals surface area contributed by atoms with Crippen LogP contribution in [0, 0.1) is 5.21 Å². The first-order valence-corrected chi connectivity index (χ1v) is 2.85. The Morgan fingerprint density at radius 3 is 2.55 bits per heavy atom. The summed E-state index contributed by atoms with van der Waals surface area (Å²) in [6.45, 7) is 1.65. The summed E-state index contributed by atoms with van der Waals surface area (Å²) in [5, 5.41) is 12.6. The van der Waals surface area contributed by atoms with Crippen molar-refractivity contribution in [3.8, 4) is 0 Å². The van der Waals surface area contributed by atoms with Crippen molar-refractivity contribution in [2.45, 2.75) is 6.92 Å². The summed E-state index contributed by atoms with van der Waals surface area (Å²) in [6, 6.07) is 0. The summed E-state index contributed by atoms with van der Waals surface area (Å²) in [5.41, 5.74) is 0.856. The predicted molar refractivity (Wildman–Crippen MR) is 38.7 cm³/mol. The second kappa shape index (κ2) is 5.34. The summed E-state index contributed by atoms with van der Waals surface area (Å²) in [6.07, 6.45) is 4.21. The van der Waals surface area contributed by atoms with E-state index in [4.69, 9.17) is 0 Å². The minimum atomic E-state index is -0.0626. The summed E-state index contributed by atoms with van der Waals surface area (Å²) in [5.74, 6) is -0.0626. The third-order valence-corrected chi connectivity index (χ3v) is 1.26. The van der Waals surface area contributed by atoms with Gasteiger partial charge < -0.3 is 10.4 Å². The first-order valence-electron chi connectivity index (χ1n) is 2.85. The van der Waals surface area contributed by atoms with Gasteiger partial charge in [-0.25, -0.2) is 0 Å². The van der Waals surface area contributed by atoms with E-state index in [1.54, 1.807) is 6.92 Å². The van der Waals surface area contributed by atoms with Gasteiger partial charge in [-0.15, -0.1) is 0 Å². The zero-order valence-corrected chi connectivity index (χ0v) is 12.8. The van der Waals surface area contributed by atoms with Crippen LogP contribution in [-0.2, 0) is 4.79 Å². The molecule has 0 unspecified atom stereocenters. The van der Waals surface area contributed by atoms with E-state index in [2.05, 4.69) is 5.16 Å². The molecule has 3 nitrogen and oxygen atoms in total. The Morgan fingerprint density at radius 1 is 1.45 bits per heavy atom. The first-order chi connectivity index (χ1) is 4.74. The van der Waals surface area contributed by atoms with Gasteiger partial charge in [0.25, 0.3) is 0 Å². The van der Waals surface area contributed by atoms with Crippen LogP contribution >= 0.6 is 0 Å². The Labute approximate surface area is 124 Å². The number of allylic oxidation sites excluding steroid dienone is 4. The van der Waals surface area contributed by atoms with E-state index in [0.717, 1.165) is 0 Å². The van der Waals surface area contributed by atoms with Gasteiger partial charge in [0.05, 0.1) is 5.71 Å². The second-order valence-electron chi connectivity index (χ2n) is 2.04. The zero-order valence-electron chi connectivity index (χ0n) is 6.50. The van der Waals surface area contributed by atoms with Crippen LogP contribution in [-0.4, -0.2) is 11.5 Å². The molecule has 4 heteroatoms. The summed E-state index contributed by atoms with van der Waals surface area (Å²) in [7, 11) is 0. The molecule has 0 radical (unpaired) electrons. The number of nitrogens with zero attached hydrogens (tertiary/aromatic N) is 1. The van der Waals surface area contributed by atoms with Crippen molar-refractivity contribution in [3.05, 3.63) is 29.0 Å². The molecule has 0 fully saturated rings. The molecule has 1 aliphatic carbocycles. The van der Waals surface area contributed by atoms with Gasteiger partial charge in [0.15, 0.2) is 5.78 Å². The van der Waals surface area contributed by atoms with Gasteiger partial charge in [-0.3, -0.25) is 4.79 Å². The SMILES string of the molecule is CC1=C/C(=N/[O-])C=CC1=O.[Cs+]. The van der Waals surface area contributed by atoms with Gasteiger partial charge >= 0.3 is 68.9 Å². The number of carbonyl (C=O) groups is 1. The molecular weight excluding hydrogens is 263 g/mol. The monoisotopic (exact) mass is 269 g/mol. The Balaban J connectivity index is 0.000001000. The van der Waals surface area contributed by atoms with Gasteiger partial charge in [-0.2, -0.15) is 0 Å². The Morgan fingerprint density at radius 2 is 2.09 bits per heavy atom. The standard InChI is InChI=1S/C7H7NO2.Cs/c1-5-4-6(8-10)2-3-7(5)9;/h2-4,10H,1H3;/q;+1/p-1/b8-6+;. The topological polar surface area (TPSA) is 52.5 Å². The van der Waals surface area contributed by atoms with E-state index in [0.29, 0.717) is 11.3 Å². The smallest absolute Gasteiger partial charge is 0.792 e. The van der Waals surface area contributed by atoms with Gasteiger partial charge in [-0.05, 0) is 30.7 Å². The molecule has 0 amide bonds. The average Bonchev–Trinajstić information content (AvgIpc) is 1.95. The normalized spacial score (nSPS) is 19.5. The fourth-order valence-electron chi connectivity index (χ4n) is 0.690. The van der Waals surface area contributed by atoms with Gasteiger partial charge in [0.1, 0.15) is 0 Å². The van der Waals surface area contributed by atoms with Crippen molar-refractivity contribution in [2.75, 3.05) is 0 Å². The van der Waals surface area contributed by atoms with E-state index in [1.165, 1.54) is 18.2 Å². The molecular formula is C7H6CsNO2. The Hall–Kier alpha value is 0.672. The third kappa shape index (κ3) is 3.27. The summed E-state index contributed by atoms with van der Waals surface area (Å²) < 4.78 is 0. The molecule has 0 atom stereocenters. The molecule has 0 saturated heterocycles. The van der Waals surface area contributed by atoms with E-state index in [1.807, 2.05) is 0 Å². The van der Waals surface area contributed by atoms with E-state index in [-0.39, 0.29) is 74.7 Å². The molecule has 0 aromatic rings. The van der Waals surface area contributed by atoms with Crippen molar-refractivity contribution in [2.24, 2.45) is 5.16 Å². The van der Waals surface area contributed by atoms with Crippen LogP contribution in [0.25, 0.3) is 0 Å². The maximum atomic E-state index is 10.7. The van der Waals surface area contributed by atoms with Crippen molar-refractivity contribution in [1.29, 1.82) is 0 Å². The maximum absolute atomic E-state index is 10.7. The van der Waals surface area contributed by atoms with Crippen LogP contribution in [0.3, 0.4) is 0 Å². The third-order valence-electron chi connectivity index (χ3n) is 1.26. The average molecular weight is 269 g/mol. The molecule has 0 spiro atoms. The summed E-state index contributed by atoms with van der Waals surface area (Å²) >= 11 is 0. The van der Waals surface area contributed by atoms with E-state index in [9.17, 15) is 10.0 Å². The molecule has 1 rings (SSSR count). The second-order valence-corrected chi connectivity index (χ2v) is 2.04. The van der Waals surface area contributed by atoms with Gasteiger partial charge in [0.2, 0.25) is 0 Å². The largest absolute Gasteiger partial charge is 1.00 e. The zero-order chi connectivity index (χ0) is 7.56. The Kier molecular flexibility index (Phi) is 5.67. The fourth-order valence-corrected chi connectivity index (χ4v) is 0.690. The number of rotatable bonds is 0. The number of hydrogen-bond donors (Lipinski definition) is 0. The quantitative estimate of drug-likeness (QED) is 0.378. The van der Waals surface area contributed by atoms with Crippen LogP contribution in [0.2, 0.25) is 0 Å². The maximum Gasteiger partial charge on any atom is 1.00 e. The predicted octanol–water partition coefficient (Wildman–Crippen LogP) is -1.99. The van der Waals surface area contributed by atoms with E-state index < -0.39 is 0 Å². The molecule has 0 saturated carbocycles. The van der Waals surface area contributed by atoms with Crippen LogP contribution < -0.4 is 68.9 Å². The molecule has 52 valence electrons. The van der Waals surface area contributed by atoms with Crippen LogP contribution in [0.15, 0.2) is 29.0 Å². The first kappa shape index (κ1) is 11.7. The van der Waals surface area contributed by atoms with E-state index >= 15 is 0 Å². The van der Waals surface area contributed by atoms with Gasteiger partial charge in [0, 0.05) is 0 Å². The molecule has 0 heterocycles. The van der Waals surface area contributed by atoms with Crippen LogP contribution in [0.1, 0.15) is 6.92 Å². The van der Waals surface area contributed by atoms with Crippen molar-refractivity contribution in [3.63, 3.8) is 0 Å². The van der Waals surface area contributed by atoms with Crippen molar-refractivity contribution < 1.29 is 73.7 Å². The minimum Gasteiger partial charge on any atom is -0.792 e. The molecule has 1 aliphatic rings. The number of ketones is 1. The molecule has 0 aromatic carbocycles. The number of carbonyl (C=O) groups excluding carboxylic acids is 1.